The van der Waals surface area contributed by atoms with Crippen molar-refractivity contribution < 1.29 is 4.79 Å². The summed E-state index contributed by atoms with van der Waals surface area (Å²) in [4.78, 5) is 18.0. The molecule has 5 heteroatoms. The Hall–Kier alpha value is -1.37. The van der Waals surface area contributed by atoms with Gasteiger partial charge in [0.25, 0.3) is 0 Å². The molecule has 0 aliphatic carbocycles. The van der Waals surface area contributed by atoms with Crippen molar-refractivity contribution >= 4 is 34.0 Å². The second-order valence-corrected chi connectivity index (χ2v) is 5.00. The molecule has 2 aromatic heterocycles. The van der Waals surface area contributed by atoms with Crippen molar-refractivity contribution in [1.82, 2.24) is 14.3 Å². The van der Waals surface area contributed by atoms with Gasteiger partial charge in [-0.2, -0.15) is 0 Å². The molecule has 0 bridgehead atoms. The van der Waals surface area contributed by atoms with E-state index in [0.29, 0.717) is 5.69 Å². The van der Waals surface area contributed by atoms with Crippen LogP contribution < -0.4 is 0 Å². The van der Waals surface area contributed by atoms with Gasteiger partial charge in [0.15, 0.2) is 5.65 Å². The smallest absolute Gasteiger partial charge is 0.205 e. The van der Waals surface area contributed by atoms with E-state index in [9.17, 15) is 4.79 Å². The summed E-state index contributed by atoms with van der Waals surface area (Å²) < 4.78 is 2.84. The monoisotopic (exact) mass is 341 g/mol. The van der Waals surface area contributed by atoms with Crippen LogP contribution in [0.4, 0.5) is 0 Å². The zero-order chi connectivity index (χ0) is 12.4. The number of carbonyl (C=O) groups is 1. The number of hydrogen-bond donors (Lipinski definition) is 0. The molecule has 88 valence electrons. The minimum absolute atomic E-state index is 0.0480. The molecule has 0 radical (unpaired) electrons. The Morgan fingerprint density at radius 3 is 3.00 bits per heavy atom. The number of ketones is 1. The highest BCUT2D eigenvalue weighted by Gasteiger charge is 2.10. The molecule has 0 unspecified atom stereocenters. The van der Waals surface area contributed by atoms with E-state index in [1.54, 1.807) is 18.5 Å². The second-order valence-electron chi connectivity index (χ2n) is 3.84. The maximum atomic E-state index is 12.0. The van der Waals surface area contributed by atoms with E-state index in [-0.39, 0.29) is 5.78 Å². The SMILES string of the molecule is CN(C)/C=C/C(=O)c1cnc2c(I)cccn12. The Labute approximate surface area is 113 Å². The van der Waals surface area contributed by atoms with Crippen molar-refractivity contribution in [3.05, 3.63) is 46.1 Å². The maximum absolute atomic E-state index is 12.0. The average Bonchev–Trinajstić information content (AvgIpc) is 2.71. The highest BCUT2D eigenvalue weighted by molar-refractivity contribution is 14.1. The molecule has 2 rings (SSSR count). The zero-order valence-electron chi connectivity index (χ0n) is 9.59. The van der Waals surface area contributed by atoms with E-state index in [0.717, 1.165) is 9.22 Å². The third-order valence-electron chi connectivity index (χ3n) is 2.26. The van der Waals surface area contributed by atoms with Gasteiger partial charge in [0.1, 0.15) is 5.69 Å². The summed E-state index contributed by atoms with van der Waals surface area (Å²) in [6.45, 7) is 0. The number of carbonyl (C=O) groups excluding carboxylic acids is 1. The fraction of sp³-hybridized carbons (Fsp3) is 0.167. The number of fused-ring (bicyclic) bond motifs is 1. The number of hydrogen-bond acceptors (Lipinski definition) is 3. The van der Waals surface area contributed by atoms with Crippen LogP contribution in [0.2, 0.25) is 0 Å². The van der Waals surface area contributed by atoms with Crippen LogP contribution in [0.3, 0.4) is 0 Å². The largest absolute Gasteiger partial charge is 0.383 e. The van der Waals surface area contributed by atoms with Crippen LogP contribution in [0.1, 0.15) is 10.5 Å². The Balaban J connectivity index is 2.43. The Morgan fingerprint density at radius 1 is 1.53 bits per heavy atom. The summed E-state index contributed by atoms with van der Waals surface area (Å²) in [5, 5.41) is 0. The number of nitrogens with zero attached hydrogens (tertiary/aromatic N) is 3. The van der Waals surface area contributed by atoms with Crippen molar-refractivity contribution in [2.45, 2.75) is 0 Å². The first-order valence-corrected chi connectivity index (χ1v) is 6.18. The summed E-state index contributed by atoms with van der Waals surface area (Å²) in [5.74, 6) is -0.0480. The van der Waals surface area contributed by atoms with E-state index >= 15 is 0 Å². The normalized spacial score (nSPS) is 11.2. The van der Waals surface area contributed by atoms with Crippen LogP contribution in [-0.4, -0.2) is 34.2 Å². The predicted octanol–water partition coefficient (Wildman–Crippen LogP) is 2.20. The Bertz CT molecular complexity index is 586. The van der Waals surface area contributed by atoms with Gasteiger partial charge in [-0.05, 0) is 34.7 Å². The summed E-state index contributed by atoms with van der Waals surface area (Å²) in [6, 6.07) is 3.87. The zero-order valence-corrected chi connectivity index (χ0v) is 11.7. The highest BCUT2D eigenvalue weighted by atomic mass is 127. The molecule has 17 heavy (non-hydrogen) atoms. The van der Waals surface area contributed by atoms with E-state index in [1.165, 1.54) is 0 Å². The quantitative estimate of drug-likeness (QED) is 0.488. The van der Waals surface area contributed by atoms with Crippen molar-refractivity contribution in [3.63, 3.8) is 0 Å². The molecular formula is C12H12IN3O. The number of allylic oxidation sites excluding steroid dienone is 1. The van der Waals surface area contributed by atoms with Crippen molar-refractivity contribution in [2.24, 2.45) is 0 Å². The van der Waals surface area contributed by atoms with Gasteiger partial charge in [0, 0.05) is 32.6 Å². The van der Waals surface area contributed by atoms with E-state index in [4.69, 9.17) is 0 Å². The molecule has 0 saturated heterocycles. The first-order valence-electron chi connectivity index (χ1n) is 5.10. The van der Waals surface area contributed by atoms with Crippen molar-refractivity contribution in [2.75, 3.05) is 14.1 Å². The molecule has 0 atom stereocenters. The molecule has 2 aromatic rings. The van der Waals surface area contributed by atoms with Gasteiger partial charge >= 0.3 is 0 Å². The van der Waals surface area contributed by atoms with Gasteiger partial charge in [0.2, 0.25) is 5.78 Å². The van der Waals surface area contributed by atoms with Gasteiger partial charge in [-0.15, -0.1) is 0 Å². The molecule has 0 aliphatic rings. The molecule has 0 aromatic carbocycles. The number of halogens is 1. The maximum Gasteiger partial charge on any atom is 0.205 e. The van der Waals surface area contributed by atoms with E-state index in [2.05, 4.69) is 27.6 Å². The summed E-state index contributed by atoms with van der Waals surface area (Å²) in [5.41, 5.74) is 1.39. The minimum atomic E-state index is -0.0480. The standard InChI is InChI=1S/C12H12IN3O/c1-15(2)7-5-11(17)10-8-14-12-9(13)4-3-6-16(10)12/h3-8H,1-2H3/b7-5+. The van der Waals surface area contributed by atoms with Gasteiger partial charge in [0.05, 0.1) is 9.77 Å². The molecule has 0 fully saturated rings. The highest BCUT2D eigenvalue weighted by Crippen LogP contribution is 2.14. The molecule has 0 saturated carbocycles. The summed E-state index contributed by atoms with van der Waals surface area (Å²) in [6.07, 6.45) is 6.74. The van der Waals surface area contributed by atoms with Crippen LogP contribution in [0.25, 0.3) is 5.65 Å². The second kappa shape index (κ2) is 4.87. The Morgan fingerprint density at radius 2 is 2.29 bits per heavy atom. The number of imidazole rings is 1. The number of aromatic nitrogens is 2. The third-order valence-corrected chi connectivity index (χ3v) is 3.11. The van der Waals surface area contributed by atoms with Gasteiger partial charge in [-0.3, -0.25) is 9.20 Å². The van der Waals surface area contributed by atoms with E-state index in [1.807, 2.05) is 41.7 Å². The molecule has 0 amide bonds. The first kappa shape index (κ1) is 12.1. The molecule has 0 aliphatic heterocycles. The molecule has 4 nitrogen and oxygen atoms in total. The topological polar surface area (TPSA) is 37.6 Å². The molecule has 0 spiro atoms. The van der Waals surface area contributed by atoms with Crippen LogP contribution in [0.5, 0.6) is 0 Å². The lowest BCUT2D eigenvalue weighted by molar-refractivity contribution is 0.104. The van der Waals surface area contributed by atoms with Crippen molar-refractivity contribution in [3.8, 4) is 0 Å². The van der Waals surface area contributed by atoms with Crippen LogP contribution in [0, 0.1) is 3.57 Å². The molecule has 2 heterocycles. The molecular weight excluding hydrogens is 329 g/mol. The predicted molar refractivity (Wildman–Crippen MR) is 75.1 cm³/mol. The molecule has 0 N–H and O–H groups in total. The fourth-order valence-corrected chi connectivity index (χ4v) is 2.07. The third kappa shape index (κ3) is 2.49. The summed E-state index contributed by atoms with van der Waals surface area (Å²) in [7, 11) is 3.75. The van der Waals surface area contributed by atoms with Gasteiger partial charge in [-0.25, -0.2) is 4.98 Å². The fourth-order valence-electron chi connectivity index (χ4n) is 1.46. The van der Waals surface area contributed by atoms with Crippen LogP contribution in [-0.2, 0) is 0 Å². The van der Waals surface area contributed by atoms with E-state index < -0.39 is 0 Å². The Kier molecular flexibility index (Phi) is 3.46. The lowest BCUT2D eigenvalue weighted by Gasteiger charge is -2.03. The average molecular weight is 341 g/mol. The van der Waals surface area contributed by atoms with Crippen molar-refractivity contribution in [1.29, 1.82) is 0 Å². The number of rotatable bonds is 3. The summed E-state index contributed by atoms with van der Waals surface area (Å²) >= 11 is 2.21. The first-order chi connectivity index (χ1) is 8.09. The van der Waals surface area contributed by atoms with Gasteiger partial charge < -0.3 is 4.90 Å². The lowest BCUT2D eigenvalue weighted by Crippen LogP contribution is -2.05. The van der Waals surface area contributed by atoms with Crippen LogP contribution >= 0.6 is 22.6 Å². The van der Waals surface area contributed by atoms with Gasteiger partial charge in [-0.1, -0.05) is 0 Å². The van der Waals surface area contributed by atoms with Crippen LogP contribution in [0.15, 0.2) is 36.8 Å². The number of pyridine rings is 1. The lowest BCUT2D eigenvalue weighted by atomic mass is 10.3. The minimum Gasteiger partial charge on any atom is -0.383 e.